The summed E-state index contributed by atoms with van der Waals surface area (Å²) in [6.07, 6.45) is 4.99. The Labute approximate surface area is 191 Å². The highest BCUT2D eigenvalue weighted by Gasteiger charge is 2.57. The van der Waals surface area contributed by atoms with Gasteiger partial charge >= 0.3 is 18.2 Å². The van der Waals surface area contributed by atoms with Crippen LogP contribution < -0.4 is 5.32 Å². The molecule has 0 aromatic rings. The lowest BCUT2D eigenvalue weighted by atomic mass is 9.52. The lowest BCUT2D eigenvalue weighted by Crippen LogP contribution is -2.67. The molecule has 4 bridgehead atoms. The molecule has 32 heavy (non-hydrogen) atoms. The molecule has 0 unspecified atom stereocenters. The summed E-state index contributed by atoms with van der Waals surface area (Å²) in [5, 5.41) is 2.69. The summed E-state index contributed by atoms with van der Waals surface area (Å²) in [4.78, 5) is 40.5. The quantitative estimate of drug-likeness (QED) is 0.495. The number of rotatable bonds is 5. The SMILES string of the molecule is COC(=O)N([C@@H](CNC(=O)OC(C)(C)C)C(=O)OC(C)(C)C)C12CC3CC(CC(C3)C1)C2. The predicted octanol–water partition coefficient (Wildman–Crippen LogP) is 4.26. The first-order valence-corrected chi connectivity index (χ1v) is 11.8. The third kappa shape index (κ3) is 5.67. The molecule has 0 aromatic carbocycles. The van der Waals surface area contributed by atoms with Crippen LogP contribution in [0, 0.1) is 17.8 Å². The summed E-state index contributed by atoms with van der Waals surface area (Å²) in [5.41, 5.74) is -1.85. The van der Waals surface area contributed by atoms with Crippen molar-refractivity contribution in [3.63, 3.8) is 0 Å². The fourth-order valence-electron chi connectivity index (χ4n) is 6.25. The van der Waals surface area contributed by atoms with E-state index in [0.29, 0.717) is 17.8 Å². The lowest BCUT2D eigenvalue weighted by Gasteiger charge is -2.60. The molecule has 0 radical (unpaired) electrons. The molecule has 0 heterocycles. The van der Waals surface area contributed by atoms with Gasteiger partial charge < -0.3 is 19.5 Å². The van der Waals surface area contributed by atoms with Crippen molar-refractivity contribution in [2.45, 2.75) is 103 Å². The van der Waals surface area contributed by atoms with Crippen LogP contribution in [-0.4, -0.2) is 59.5 Å². The maximum atomic E-state index is 13.3. The Bertz CT molecular complexity index is 700. The molecule has 0 aromatic heterocycles. The average molecular weight is 453 g/mol. The zero-order valence-corrected chi connectivity index (χ0v) is 20.7. The molecule has 8 nitrogen and oxygen atoms in total. The molecule has 0 saturated heterocycles. The van der Waals surface area contributed by atoms with Crippen molar-refractivity contribution in [2.75, 3.05) is 13.7 Å². The van der Waals surface area contributed by atoms with E-state index in [-0.39, 0.29) is 6.54 Å². The Kier molecular flexibility index (Phi) is 6.74. The first kappa shape index (κ1) is 24.6. The van der Waals surface area contributed by atoms with Crippen LogP contribution >= 0.6 is 0 Å². The van der Waals surface area contributed by atoms with Gasteiger partial charge in [-0.15, -0.1) is 0 Å². The molecule has 4 saturated carbocycles. The van der Waals surface area contributed by atoms with Crippen molar-refractivity contribution >= 4 is 18.2 Å². The topological polar surface area (TPSA) is 94.2 Å². The standard InChI is InChI=1S/C24H40N2O6/c1-22(2,3)31-19(27)18(14-25-20(28)32-23(4,5)6)26(21(29)30-7)24-11-15-8-16(12-24)10-17(9-15)13-24/h15-18H,8-14H2,1-7H3,(H,25,28)/t15?,16?,17?,18-,24?/m0/s1. The number of carbonyl (C=O) groups is 3. The monoisotopic (exact) mass is 452 g/mol. The van der Waals surface area contributed by atoms with Crippen LogP contribution in [0.15, 0.2) is 0 Å². The van der Waals surface area contributed by atoms with Crippen LogP contribution in [0.5, 0.6) is 0 Å². The third-order valence-corrected chi connectivity index (χ3v) is 6.72. The van der Waals surface area contributed by atoms with Crippen LogP contribution in [0.25, 0.3) is 0 Å². The summed E-state index contributed by atoms with van der Waals surface area (Å²) >= 11 is 0. The first-order valence-electron chi connectivity index (χ1n) is 11.8. The first-order chi connectivity index (χ1) is 14.7. The molecule has 4 aliphatic carbocycles. The zero-order chi connectivity index (χ0) is 23.9. The predicted molar refractivity (Wildman–Crippen MR) is 119 cm³/mol. The van der Waals surface area contributed by atoms with E-state index in [0.717, 1.165) is 19.3 Å². The van der Waals surface area contributed by atoms with Crippen LogP contribution in [0.4, 0.5) is 9.59 Å². The van der Waals surface area contributed by atoms with Gasteiger partial charge in [-0.1, -0.05) is 0 Å². The fourth-order valence-corrected chi connectivity index (χ4v) is 6.25. The van der Waals surface area contributed by atoms with Gasteiger partial charge in [0, 0.05) is 5.54 Å². The Morgan fingerprint density at radius 3 is 1.78 bits per heavy atom. The van der Waals surface area contributed by atoms with E-state index in [2.05, 4.69) is 5.32 Å². The van der Waals surface area contributed by atoms with Gasteiger partial charge in [-0.2, -0.15) is 0 Å². The lowest BCUT2D eigenvalue weighted by molar-refractivity contribution is -0.168. The summed E-state index contributed by atoms with van der Waals surface area (Å²) in [7, 11) is 1.34. The number of alkyl carbamates (subject to hydrolysis) is 1. The minimum absolute atomic E-state index is 0.0966. The molecule has 1 N–H and O–H groups in total. The van der Waals surface area contributed by atoms with E-state index in [1.807, 2.05) is 0 Å². The summed E-state index contributed by atoms with van der Waals surface area (Å²) < 4.78 is 16.2. The molecule has 2 amide bonds. The Balaban J connectivity index is 1.90. The van der Waals surface area contributed by atoms with E-state index < -0.39 is 40.9 Å². The highest BCUT2D eigenvalue weighted by Crippen LogP contribution is 2.58. The Hall–Kier alpha value is -1.99. The van der Waals surface area contributed by atoms with Crippen molar-refractivity contribution in [2.24, 2.45) is 17.8 Å². The van der Waals surface area contributed by atoms with Gasteiger partial charge in [-0.3, -0.25) is 4.90 Å². The molecule has 0 spiro atoms. The number of nitrogens with zero attached hydrogens (tertiary/aromatic N) is 1. The van der Waals surface area contributed by atoms with Gasteiger partial charge in [-0.25, -0.2) is 14.4 Å². The maximum Gasteiger partial charge on any atom is 0.410 e. The normalized spacial score (nSPS) is 29.8. The molecule has 4 fully saturated rings. The number of hydrogen-bond acceptors (Lipinski definition) is 6. The number of carbonyl (C=O) groups excluding carboxylic acids is 3. The molecule has 4 aliphatic rings. The molecule has 8 heteroatoms. The number of ether oxygens (including phenoxy) is 3. The Morgan fingerprint density at radius 2 is 1.38 bits per heavy atom. The molecule has 182 valence electrons. The van der Waals surface area contributed by atoms with Crippen molar-refractivity contribution in [3.8, 4) is 0 Å². The van der Waals surface area contributed by atoms with Crippen molar-refractivity contribution < 1.29 is 28.6 Å². The van der Waals surface area contributed by atoms with Gasteiger partial charge in [0.2, 0.25) is 0 Å². The van der Waals surface area contributed by atoms with Crippen molar-refractivity contribution in [1.82, 2.24) is 10.2 Å². The summed E-state index contributed by atoms with van der Waals surface area (Å²) in [6.45, 7) is 10.6. The van der Waals surface area contributed by atoms with Gasteiger partial charge in [-0.05, 0) is 97.8 Å². The zero-order valence-electron chi connectivity index (χ0n) is 20.7. The molecule has 1 atom stereocenters. The van der Waals surface area contributed by atoms with Crippen LogP contribution in [0.2, 0.25) is 0 Å². The van der Waals surface area contributed by atoms with E-state index in [4.69, 9.17) is 14.2 Å². The van der Waals surface area contributed by atoms with Crippen LogP contribution in [-0.2, 0) is 19.0 Å². The van der Waals surface area contributed by atoms with E-state index in [9.17, 15) is 14.4 Å². The van der Waals surface area contributed by atoms with E-state index >= 15 is 0 Å². The Morgan fingerprint density at radius 1 is 0.906 bits per heavy atom. The van der Waals surface area contributed by atoms with Gasteiger partial charge in [0.05, 0.1) is 13.7 Å². The number of nitrogens with one attached hydrogen (secondary N) is 1. The van der Waals surface area contributed by atoms with Crippen LogP contribution in [0.1, 0.15) is 80.1 Å². The smallest absolute Gasteiger partial charge is 0.410 e. The molecule has 4 rings (SSSR count). The second-order valence-electron chi connectivity index (χ2n) is 11.9. The minimum atomic E-state index is -0.995. The maximum absolute atomic E-state index is 13.3. The minimum Gasteiger partial charge on any atom is -0.458 e. The molecule has 0 aliphatic heterocycles. The average Bonchev–Trinajstić information content (AvgIpc) is 2.60. The largest absolute Gasteiger partial charge is 0.458 e. The molecular weight excluding hydrogens is 412 g/mol. The number of hydrogen-bond donors (Lipinski definition) is 1. The van der Waals surface area contributed by atoms with Crippen LogP contribution in [0.3, 0.4) is 0 Å². The fraction of sp³-hybridized carbons (Fsp3) is 0.875. The summed E-state index contributed by atoms with van der Waals surface area (Å²) in [5.74, 6) is 1.14. The van der Waals surface area contributed by atoms with Crippen molar-refractivity contribution in [3.05, 3.63) is 0 Å². The number of amides is 2. The second-order valence-corrected chi connectivity index (χ2v) is 11.9. The van der Waals surface area contributed by atoms with E-state index in [1.54, 1.807) is 46.4 Å². The van der Waals surface area contributed by atoms with Gasteiger partial charge in [0.15, 0.2) is 6.04 Å². The third-order valence-electron chi connectivity index (χ3n) is 6.72. The number of methoxy groups -OCH3 is 1. The second kappa shape index (κ2) is 8.75. The van der Waals surface area contributed by atoms with Crippen molar-refractivity contribution in [1.29, 1.82) is 0 Å². The van der Waals surface area contributed by atoms with E-state index in [1.165, 1.54) is 26.4 Å². The highest BCUT2D eigenvalue weighted by molar-refractivity contribution is 5.83. The van der Waals surface area contributed by atoms with Gasteiger partial charge in [0.1, 0.15) is 11.2 Å². The molecular formula is C24H40N2O6. The van der Waals surface area contributed by atoms with Gasteiger partial charge in [0.25, 0.3) is 0 Å². The summed E-state index contributed by atoms with van der Waals surface area (Å²) in [6, 6.07) is -0.995. The number of esters is 1. The highest BCUT2D eigenvalue weighted by atomic mass is 16.6.